The quantitative estimate of drug-likeness (QED) is 0.689. The average molecular weight is 211 g/mol. The fourth-order valence-electron chi connectivity index (χ4n) is 1.44. The van der Waals surface area contributed by atoms with E-state index in [1.165, 1.54) is 0 Å². The number of nitrogens with one attached hydrogen (secondary N) is 2. The molecular weight excluding hydrogens is 190 g/mol. The number of aryl methyl sites for hydroxylation is 1. The van der Waals surface area contributed by atoms with Crippen molar-refractivity contribution >= 4 is 0 Å². The van der Waals surface area contributed by atoms with Crippen LogP contribution in [-0.2, 0) is 0 Å². The van der Waals surface area contributed by atoms with Gasteiger partial charge in [0.25, 0.3) is 0 Å². The van der Waals surface area contributed by atoms with Gasteiger partial charge in [0.2, 0.25) is 0 Å². The first-order valence-corrected chi connectivity index (χ1v) is 5.43. The summed E-state index contributed by atoms with van der Waals surface area (Å²) in [5.41, 5.74) is 2.24. The molecule has 0 aliphatic rings. The standard InChI is InChI=1S/C11H21N3O/c1-7(2)11(15)6-12-8(3)10-5-13-14-9(10)4/h5,7-8,11-12,15H,6H2,1-4H3,(H,13,14). The van der Waals surface area contributed by atoms with Gasteiger partial charge in [0.15, 0.2) is 0 Å². The molecule has 1 aromatic heterocycles. The number of nitrogens with zero attached hydrogens (tertiary/aromatic N) is 1. The second-order valence-electron chi connectivity index (χ2n) is 4.39. The number of rotatable bonds is 5. The molecule has 4 heteroatoms. The van der Waals surface area contributed by atoms with Gasteiger partial charge in [-0.2, -0.15) is 5.10 Å². The zero-order valence-corrected chi connectivity index (χ0v) is 9.91. The molecule has 4 nitrogen and oxygen atoms in total. The summed E-state index contributed by atoms with van der Waals surface area (Å²) in [5.74, 6) is 0.287. The van der Waals surface area contributed by atoms with Gasteiger partial charge in [-0.25, -0.2) is 0 Å². The monoisotopic (exact) mass is 211 g/mol. The largest absolute Gasteiger partial charge is 0.392 e. The minimum atomic E-state index is -0.292. The Morgan fingerprint density at radius 3 is 2.60 bits per heavy atom. The van der Waals surface area contributed by atoms with Crippen LogP contribution in [0.2, 0.25) is 0 Å². The van der Waals surface area contributed by atoms with Crippen molar-refractivity contribution in [1.29, 1.82) is 0 Å². The lowest BCUT2D eigenvalue weighted by molar-refractivity contribution is 0.120. The van der Waals surface area contributed by atoms with Gasteiger partial charge in [0.1, 0.15) is 0 Å². The second kappa shape index (κ2) is 5.28. The summed E-state index contributed by atoms with van der Waals surface area (Å²) in [4.78, 5) is 0. The highest BCUT2D eigenvalue weighted by molar-refractivity contribution is 5.18. The first-order valence-electron chi connectivity index (χ1n) is 5.43. The summed E-state index contributed by atoms with van der Waals surface area (Å²) in [6.07, 6.45) is 1.54. The van der Waals surface area contributed by atoms with Crippen molar-refractivity contribution in [2.75, 3.05) is 6.54 Å². The van der Waals surface area contributed by atoms with Gasteiger partial charge in [0.05, 0.1) is 12.3 Å². The maximum absolute atomic E-state index is 9.66. The molecule has 3 N–H and O–H groups in total. The van der Waals surface area contributed by atoms with Crippen LogP contribution >= 0.6 is 0 Å². The first-order chi connectivity index (χ1) is 7.02. The smallest absolute Gasteiger partial charge is 0.0687 e. The number of aromatic amines is 1. The van der Waals surface area contributed by atoms with Crippen LogP contribution in [-0.4, -0.2) is 28.0 Å². The molecule has 15 heavy (non-hydrogen) atoms. The number of H-pyrrole nitrogens is 1. The van der Waals surface area contributed by atoms with Crippen LogP contribution in [0.15, 0.2) is 6.20 Å². The Balaban J connectivity index is 2.43. The topological polar surface area (TPSA) is 60.9 Å². The number of aliphatic hydroxyl groups is 1. The van der Waals surface area contributed by atoms with Crippen LogP contribution in [0.25, 0.3) is 0 Å². The lowest BCUT2D eigenvalue weighted by Gasteiger charge is -2.19. The Bertz CT molecular complexity index is 296. The second-order valence-corrected chi connectivity index (χ2v) is 4.39. The first kappa shape index (κ1) is 12.2. The zero-order chi connectivity index (χ0) is 11.4. The summed E-state index contributed by atoms with van der Waals surface area (Å²) < 4.78 is 0. The van der Waals surface area contributed by atoms with Crippen LogP contribution < -0.4 is 5.32 Å². The highest BCUT2D eigenvalue weighted by Gasteiger charge is 2.13. The normalized spacial score (nSPS) is 15.6. The average Bonchev–Trinajstić information content (AvgIpc) is 2.60. The number of hydrogen-bond acceptors (Lipinski definition) is 3. The van der Waals surface area contributed by atoms with Gasteiger partial charge < -0.3 is 10.4 Å². The Morgan fingerprint density at radius 1 is 1.47 bits per heavy atom. The van der Waals surface area contributed by atoms with Crippen molar-refractivity contribution in [2.45, 2.75) is 39.8 Å². The predicted molar refractivity (Wildman–Crippen MR) is 60.6 cm³/mol. The molecule has 0 radical (unpaired) electrons. The maximum Gasteiger partial charge on any atom is 0.0687 e. The molecular formula is C11H21N3O. The molecule has 0 saturated carbocycles. The molecule has 0 spiro atoms. The van der Waals surface area contributed by atoms with Crippen molar-refractivity contribution in [3.63, 3.8) is 0 Å². The van der Waals surface area contributed by atoms with E-state index >= 15 is 0 Å². The number of aliphatic hydroxyl groups excluding tert-OH is 1. The Hall–Kier alpha value is -0.870. The van der Waals surface area contributed by atoms with E-state index in [0.29, 0.717) is 6.54 Å². The molecule has 1 aromatic rings. The molecule has 86 valence electrons. The molecule has 0 aliphatic heterocycles. The van der Waals surface area contributed by atoms with Crippen LogP contribution in [0.1, 0.15) is 38.1 Å². The molecule has 1 heterocycles. The molecule has 2 unspecified atom stereocenters. The van der Waals surface area contributed by atoms with Crippen molar-refractivity contribution in [3.8, 4) is 0 Å². The van der Waals surface area contributed by atoms with E-state index in [1.807, 2.05) is 27.0 Å². The lowest BCUT2D eigenvalue weighted by atomic mass is 10.1. The molecule has 1 rings (SSSR count). The summed E-state index contributed by atoms with van der Waals surface area (Å²) >= 11 is 0. The number of hydrogen-bond donors (Lipinski definition) is 3. The van der Waals surface area contributed by atoms with Gasteiger partial charge in [-0.3, -0.25) is 5.10 Å². The lowest BCUT2D eigenvalue weighted by Crippen LogP contribution is -2.32. The molecule has 0 amide bonds. The van der Waals surface area contributed by atoms with Crippen molar-refractivity contribution in [1.82, 2.24) is 15.5 Å². The van der Waals surface area contributed by atoms with E-state index in [-0.39, 0.29) is 18.1 Å². The van der Waals surface area contributed by atoms with Crippen LogP contribution in [0.3, 0.4) is 0 Å². The SMILES string of the molecule is Cc1[nH]ncc1C(C)NCC(O)C(C)C. The summed E-state index contributed by atoms with van der Waals surface area (Å²) in [6.45, 7) is 8.72. The van der Waals surface area contributed by atoms with Gasteiger partial charge in [-0.1, -0.05) is 13.8 Å². The minimum Gasteiger partial charge on any atom is -0.392 e. The van der Waals surface area contributed by atoms with Crippen molar-refractivity contribution in [3.05, 3.63) is 17.5 Å². The Labute approximate surface area is 91.1 Å². The minimum absolute atomic E-state index is 0.220. The Kier molecular flexibility index (Phi) is 4.29. The van der Waals surface area contributed by atoms with Crippen molar-refractivity contribution < 1.29 is 5.11 Å². The summed E-state index contributed by atoms with van der Waals surface area (Å²) in [5, 5.41) is 19.8. The molecule has 0 bridgehead atoms. The fraction of sp³-hybridized carbons (Fsp3) is 0.727. The predicted octanol–water partition coefficient (Wildman–Crippen LogP) is 1.39. The van der Waals surface area contributed by atoms with Gasteiger partial charge in [0, 0.05) is 23.8 Å². The van der Waals surface area contributed by atoms with E-state index < -0.39 is 0 Å². The van der Waals surface area contributed by atoms with E-state index in [2.05, 4.69) is 22.4 Å². The van der Waals surface area contributed by atoms with Gasteiger partial charge >= 0.3 is 0 Å². The maximum atomic E-state index is 9.66. The van der Waals surface area contributed by atoms with Crippen LogP contribution in [0, 0.1) is 12.8 Å². The van der Waals surface area contributed by atoms with E-state index in [1.54, 1.807) is 0 Å². The van der Waals surface area contributed by atoms with Gasteiger partial charge in [-0.05, 0) is 19.8 Å². The van der Waals surface area contributed by atoms with E-state index in [0.717, 1.165) is 11.3 Å². The summed E-state index contributed by atoms with van der Waals surface area (Å²) in [6, 6.07) is 0.220. The molecule has 0 saturated heterocycles. The Morgan fingerprint density at radius 2 is 2.13 bits per heavy atom. The van der Waals surface area contributed by atoms with E-state index in [4.69, 9.17) is 0 Å². The molecule has 0 fully saturated rings. The molecule has 0 aromatic carbocycles. The molecule has 0 aliphatic carbocycles. The summed E-state index contributed by atoms with van der Waals surface area (Å²) in [7, 11) is 0. The third kappa shape index (κ3) is 3.32. The molecule has 2 atom stereocenters. The highest BCUT2D eigenvalue weighted by Crippen LogP contribution is 2.14. The number of aromatic nitrogens is 2. The van der Waals surface area contributed by atoms with Crippen LogP contribution in [0.4, 0.5) is 0 Å². The van der Waals surface area contributed by atoms with Crippen LogP contribution in [0.5, 0.6) is 0 Å². The van der Waals surface area contributed by atoms with E-state index in [9.17, 15) is 5.11 Å². The zero-order valence-electron chi connectivity index (χ0n) is 9.91. The third-order valence-electron chi connectivity index (χ3n) is 2.74. The fourth-order valence-corrected chi connectivity index (χ4v) is 1.44. The van der Waals surface area contributed by atoms with Crippen molar-refractivity contribution in [2.24, 2.45) is 5.92 Å². The van der Waals surface area contributed by atoms with Gasteiger partial charge in [-0.15, -0.1) is 0 Å². The third-order valence-corrected chi connectivity index (χ3v) is 2.74. The highest BCUT2D eigenvalue weighted by atomic mass is 16.3.